The number of methoxy groups -OCH3 is 1. The smallest absolute Gasteiger partial charge is 0.325 e. The van der Waals surface area contributed by atoms with Gasteiger partial charge in [0.15, 0.2) is 0 Å². The summed E-state index contributed by atoms with van der Waals surface area (Å²) in [6, 6.07) is 6.90. The molecule has 1 aliphatic carbocycles. The summed E-state index contributed by atoms with van der Waals surface area (Å²) in [6.45, 7) is 3.09. The molecule has 1 N–H and O–H groups in total. The molecule has 0 radical (unpaired) electrons. The SMILES string of the molecule is COc1ccccc1CN1C(=O)N[C@H](CC(=O)N2CCCC3=C[C@H]4C[C@@H](CN5CCCC[C@H]45)[C@H]32)C1=O. The van der Waals surface area contributed by atoms with E-state index in [9.17, 15) is 14.4 Å². The number of para-hydroxylation sites is 1. The van der Waals surface area contributed by atoms with Gasteiger partial charge in [0, 0.05) is 24.7 Å². The fourth-order valence-corrected chi connectivity index (χ4v) is 7.41. The Morgan fingerprint density at radius 2 is 2.00 bits per heavy atom. The number of carbonyl (C=O) groups excluding carboxylic acids is 3. The van der Waals surface area contributed by atoms with Crippen molar-refractivity contribution in [3.8, 4) is 5.75 Å². The fraction of sp³-hybridized carbons (Fsp3) is 0.607. The number of hydrogen-bond acceptors (Lipinski definition) is 5. The number of benzene rings is 1. The number of urea groups is 1. The van der Waals surface area contributed by atoms with Gasteiger partial charge in [-0.05, 0) is 56.6 Å². The summed E-state index contributed by atoms with van der Waals surface area (Å²) >= 11 is 0. The summed E-state index contributed by atoms with van der Waals surface area (Å²) in [7, 11) is 1.57. The van der Waals surface area contributed by atoms with Gasteiger partial charge in [0.2, 0.25) is 5.91 Å². The van der Waals surface area contributed by atoms with Crippen LogP contribution in [0.4, 0.5) is 4.79 Å². The Morgan fingerprint density at radius 1 is 1.14 bits per heavy atom. The molecule has 0 saturated carbocycles. The molecule has 0 aromatic heterocycles. The zero-order chi connectivity index (χ0) is 24.8. The Kier molecular flexibility index (Phi) is 6.23. The van der Waals surface area contributed by atoms with Gasteiger partial charge in [0.25, 0.3) is 5.91 Å². The number of carbonyl (C=O) groups is 3. The van der Waals surface area contributed by atoms with E-state index in [-0.39, 0.29) is 30.8 Å². The molecule has 5 aliphatic rings. The number of likely N-dealkylation sites (tertiary alicyclic amines) is 1. The molecular weight excluding hydrogens is 456 g/mol. The van der Waals surface area contributed by atoms with Crippen molar-refractivity contribution >= 4 is 17.8 Å². The second-order valence-corrected chi connectivity index (χ2v) is 11.0. The first-order valence-corrected chi connectivity index (χ1v) is 13.5. The van der Waals surface area contributed by atoms with Crippen LogP contribution < -0.4 is 10.1 Å². The first-order valence-electron chi connectivity index (χ1n) is 13.5. The average Bonchev–Trinajstić information content (AvgIpc) is 3.16. The number of imide groups is 1. The predicted molar refractivity (Wildman–Crippen MR) is 134 cm³/mol. The molecule has 8 nitrogen and oxygen atoms in total. The topological polar surface area (TPSA) is 82.2 Å². The second kappa shape index (κ2) is 9.54. The summed E-state index contributed by atoms with van der Waals surface area (Å²) in [6.07, 6.45) is 9.60. The van der Waals surface area contributed by atoms with Crippen LogP contribution in [0.2, 0.25) is 0 Å². The third-order valence-electron chi connectivity index (χ3n) is 8.98. The van der Waals surface area contributed by atoms with Crippen LogP contribution in [0.15, 0.2) is 35.9 Å². The van der Waals surface area contributed by atoms with Crippen LogP contribution in [0, 0.1) is 11.8 Å². The molecule has 6 rings (SSSR count). The van der Waals surface area contributed by atoms with Crippen molar-refractivity contribution < 1.29 is 19.1 Å². The van der Waals surface area contributed by atoms with E-state index in [1.54, 1.807) is 7.11 Å². The highest BCUT2D eigenvalue weighted by Gasteiger charge is 2.48. The van der Waals surface area contributed by atoms with Gasteiger partial charge in [-0.1, -0.05) is 36.3 Å². The van der Waals surface area contributed by atoms with Crippen molar-refractivity contribution in [2.24, 2.45) is 11.8 Å². The Bertz CT molecular complexity index is 1090. The van der Waals surface area contributed by atoms with Crippen molar-refractivity contribution in [2.45, 2.75) is 69.6 Å². The second-order valence-electron chi connectivity index (χ2n) is 11.0. The van der Waals surface area contributed by atoms with Gasteiger partial charge in [0.1, 0.15) is 11.8 Å². The van der Waals surface area contributed by atoms with Gasteiger partial charge in [0.05, 0.1) is 26.1 Å². The van der Waals surface area contributed by atoms with E-state index < -0.39 is 12.1 Å². The molecule has 4 aliphatic heterocycles. The van der Waals surface area contributed by atoms with E-state index >= 15 is 0 Å². The molecule has 2 bridgehead atoms. The highest BCUT2D eigenvalue weighted by molar-refractivity contribution is 6.05. The van der Waals surface area contributed by atoms with Crippen LogP contribution in [-0.2, 0) is 16.1 Å². The number of nitrogens with one attached hydrogen (secondary N) is 1. The lowest BCUT2D eigenvalue weighted by Crippen LogP contribution is -2.60. The standard InChI is InChI=1S/C28H36N4O4/c1-36-24-10-3-2-7-19(24)17-32-27(34)22(29-28(32)35)15-25(33)31-12-6-8-18-13-20-14-21(26(18)31)16-30-11-5-4-9-23(20)30/h2-3,7,10,13,20-23,26H,4-6,8-9,11-12,14-17H2,1H3,(H,29,35)/t20-,21-,22+,23+,26-/m0/s1. The van der Waals surface area contributed by atoms with Gasteiger partial charge >= 0.3 is 6.03 Å². The number of amides is 4. The molecule has 36 heavy (non-hydrogen) atoms. The molecule has 5 atom stereocenters. The maximum atomic E-state index is 13.6. The molecule has 4 amide bonds. The Labute approximate surface area is 212 Å². The number of nitrogens with zero attached hydrogens (tertiary/aromatic N) is 3. The number of rotatable bonds is 5. The largest absolute Gasteiger partial charge is 0.496 e. The normalized spacial score (nSPS) is 31.9. The van der Waals surface area contributed by atoms with E-state index in [1.807, 2.05) is 29.2 Å². The minimum Gasteiger partial charge on any atom is -0.496 e. The van der Waals surface area contributed by atoms with Crippen molar-refractivity contribution in [3.05, 3.63) is 41.5 Å². The average molecular weight is 493 g/mol. The number of fused-ring (bicyclic) bond motifs is 6. The molecule has 4 heterocycles. The predicted octanol–water partition coefficient (Wildman–Crippen LogP) is 2.93. The lowest BCUT2D eigenvalue weighted by molar-refractivity contribution is -0.139. The molecule has 1 aromatic rings. The van der Waals surface area contributed by atoms with Crippen molar-refractivity contribution in [1.29, 1.82) is 0 Å². The molecular formula is C28H36N4O4. The Hall–Kier alpha value is -2.87. The Balaban J connectivity index is 1.15. The van der Waals surface area contributed by atoms with Crippen LogP contribution in [0.5, 0.6) is 5.75 Å². The van der Waals surface area contributed by atoms with Crippen LogP contribution in [0.1, 0.15) is 50.5 Å². The van der Waals surface area contributed by atoms with Crippen LogP contribution in [0.25, 0.3) is 0 Å². The van der Waals surface area contributed by atoms with Gasteiger partial charge < -0.3 is 15.0 Å². The minimum absolute atomic E-state index is 0.0132. The number of ether oxygens (including phenoxy) is 1. The molecule has 0 unspecified atom stereocenters. The van der Waals surface area contributed by atoms with E-state index in [2.05, 4.69) is 16.3 Å². The van der Waals surface area contributed by atoms with Gasteiger partial charge in [-0.25, -0.2) is 4.79 Å². The van der Waals surface area contributed by atoms with Crippen LogP contribution in [-0.4, -0.2) is 77.4 Å². The fourth-order valence-electron chi connectivity index (χ4n) is 7.41. The summed E-state index contributed by atoms with van der Waals surface area (Å²) in [5.74, 6) is 1.34. The summed E-state index contributed by atoms with van der Waals surface area (Å²) in [5.41, 5.74) is 2.19. The quantitative estimate of drug-likeness (QED) is 0.505. The van der Waals surface area contributed by atoms with Gasteiger partial charge in [-0.2, -0.15) is 0 Å². The highest BCUT2D eigenvalue weighted by atomic mass is 16.5. The minimum atomic E-state index is -0.816. The zero-order valence-corrected chi connectivity index (χ0v) is 21.0. The van der Waals surface area contributed by atoms with Gasteiger partial charge in [-0.3, -0.25) is 19.4 Å². The Morgan fingerprint density at radius 3 is 2.86 bits per heavy atom. The van der Waals surface area contributed by atoms with Gasteiger partial charge in [-0.15, -0.1) is 0 Å². The first kappa shape index (κ1) is 23.5. The lowest BCUT2D eigenvalue weighted by Gasteiger charge is -2.54. The molecule has 1 aromatic carbocycles. The lowest BCUT2D eigenvalue weighted by atomic mass is 9.68. The van der Waals surface area contributed by atoms with E-state index in [4.69, 9.17) is 4.74 Å². The maximum Gasteiger partial charge on any atom is 0.325 e. The molecule has 8 heteroatoms. The molecule has 192 valence electrons. The first-order chi connectivity index (χ1) is 17.5. The molecule has 0 spiro atoms. The summed E-state index contributed by atoms with van der Waals surface area (Å²) in [4.78, 5) is 45.3. The summed E-state index contributed by atoms with van der Waals surface area (Å²) < 4.78 is 5.37. The number of piperidine rings is 3. The maximum absolute atomic E-state index is 13.6. The third-order valence-corrected chi connectivity index (χ3v) is 8.98. The monoisotopic (exact) mass is 492 g/mol. The number of hydrogen-bond donors (Lipinski definition) is 1. The zero-order valence-electron chi connectivity index (χ0n) is 21.0. The van der Waals surface area contributed by atoms with E-state index in [1.165, 1.54) is 36.3 Å². The van der Waals surface area contributed by atoms with Crippen LogP contribution in [0.3, 0.4) is 0 Å². The van der Waals surface area contributed by atoms with Crippen molar-refractivity contribution in [1.82, 2.24) is 20.0 Å². The summed E-state index contributed by atoms with van der Waals surface area (Å²) in [5, 5.41) is 2.76. The molecule has 4 saturated heterocycles. The van der Waals surface area contributed by atoms with E-state index in [0.717, 1.165) is 37.9 Å². The van der Waals surface area contributed by atoms with Crippen molar-refractivity contribution in [3.63, 3.8) is 0 Å². The molecule has 4 fully saturated rings. The van der Waals surface area contributed by atoms with Crippen molar-refractivity contribution in [2.75, 3.05) is 26.7 Å². The highest BCUT2D eigenvalue weighted by Crippen LogP contribution is 2.45. The van der Waals surface area contributed by atoms with E-state index in [0.29, 0.717) is 23.6 Å². The third kappa shape index (κ3) is 4.09. The van der Waals surface area contributed by atoms with Crippen LogP contribution >= 0.6 is 0 Å².